The Morgan fingerprint density at radius 1 is 1.37 bits per heavy atom. The van der Waals surface area contributed by atoms with Crippen molar-refractivity contribution in [3.05, 3.63) is 0 Å². The fourth-order valence-corrected chi connectivity index (χ4v) is 2.53. The number of nitrogens with zero attached hydrogens (tertiary/aromatic N) is 1. The highest BCUT2D eigenvalue weighted by Gasteiger charge is 2.52. The first-order chi connectivity index (χ1) is 9.00. The van der Waals surface area contributed by atoms with Gasteiger partial charge < -0.3 is 9.84 Å². The van der Waals surface area contributed by atoms with Gasteiger partial charge in [-0.3, -0.25) is 9.59 Å². The summed E-state index contributed by atoms with van der Waals surface area (Å²) in [6.07, 6.45) is 2.00. The van der Waals surface area contributed by atoms with Gasteiger partial charge in [-0.05, 0) is 25.7 Å². The summed E-state index contributed by atoms with van der Waals surface area (Å²) in [7, 11) is 0. The molecule has 0 aliphatic carbocycles. The molecule has 0 radical (unpaired) electrons. The molecule has 108 valence electrons. The Kier molecular flexibility index (Phi) is 7.81. The Morgan fingerprint density at radius 2 is 2.00 bits per heavy atom. The van der Waals surface area contributed by atoms with Gasteiger partial charge >= 0.3 is 11.9 Å². The molecule has 0 saturated heterocycles. The summed E-state index contributed by atoms with van der Waals surface area (Å²) in [5.41, 5.74) is -1.52. The van der Waals surface area contributed by atoms with E-state index in [0.717, 1.165) is 0 Å². The number of nitriles is 1. The lowest BCUT2D eigenvalue weighted by molar-refractivity contribution is -0.174. The zero-order valence-corrected chi connectivity index (χ0v) is 11.9. The second kappa shape index (κ2) is 8.52. The molecule has 0 rings (SSSR count). The van der Waals surface area contributed by atoms with Gasteiger partial charge in [0, 0.05) is 6.42 Å². The standard InChI is InChI=1S/C14H23NO4/c1-4-9-14(12(16)17,13(18)19-6-3)11(5-2)8-7-10-15/h11H,4-9H2,1-3H3,(H,16,17). The molecule has 1 N–H and O–H groups in total. The Morgan fingerprint density at radius 3 is 2.37 bits per heavy atom. The number of carboxylic acid groups (broad SMARTS) is 1. The van der Waals surface area contributed by atoms with Crippen LogP contribution in [0.25, 0.3) is 0 Å². The number of carboxylic acids is 1. The Balaban J connectivity index is 5.47. The summed E-state index contributed by atoms with van der Waals surface area (Å²) in [5, 5.41) is 18.2. The largest absolute Gasteiger partial charge is 0.480 e. The molecule has 0 aliphatic heterocycles. The summed E-state index contributed by atoms with van der Waals surface area (Å²) in [4.78, 5) is 23.9. The number of carbonyl (C=O) groups is 2. The van der Waals surface area contributed by atoms with E-state index in [-0.39, 0.29) is 25.4 Å². The third-order valence-corrected chi connectivity index (χ3v) is 3.46. The number of rotatable bonds is 9. The van der Waals surface area contributed by atoms with Crippen molar-refractivity contribution < 1.29 is 19.4 Å². The number of esters is 1. The van der Waals surface area contributed by atoms with Crippen LogP contribution in [0.5, 0.6) is 0 Å². The summed E-state index contributed by atoms with van der Waals surface area (Å²) in [6, 6.07) is 2.01. The SMILES string of the molecule is CCCC(C(=O)O)(C(=O)OCC)C(CC)CCC#N. The quantitative estimate of drug-likeness (QED) is 0.513. The van der Waals surface area contributed by atoms with Crippen molar-refractivity contribution in [2.75, 3.05) is 6.61 Å². The summed E-state index contributed by atoms with van der Waals surface area (Å²) >= 11 is 0. The Bertz CT molecular complexity index is 348. The molecule has 2 unspecified atom stereocenters. The van der Waals surface area contributed by atoms with Crippen molar-refractivity contribution in [2.45, 2.75) is 52.9 Å². The third-order valence-electron chi connectivity index (χ3n) is 3.46. The first-order valence-electron chi connectivity index (χ1n) is 6.78. The summed E-state index contributed by atoms with van der Waals surface area (Å²) in [5.74, 6) is -2.18. The minimum atomic E-state index is -1.52. The first-order valence-corrected chi connectivity index (χ1v) is 6.78. The maximum absolute atomic E-state index is 12.2. The number of aliphatic carboxylic acids is 1. The van der Waals surface area contributed by atoms with Crippen molar-refractivity contribution in [1.82, 2.24) is 0 Å². The molecule has 5 heteroatoms. The molecule has 0 spiro atoms. The maximum atomic E-state index is 12.2. The molecule has 0 aromatic rings. The van der Waals surface area contributed by atoms with E-state index in [1.165, 1.54) is 0 Å². The fourth-order valence-electron chi connectivity index (χ4n) is 2.53. The molecule has 19 heavy (non-hydrogen) atoms. The number of ether oxygens (including phenoxy) is 1. The minimum absolute atomic E-state index is 0.159. The maximum Gasteiger partial charge on any atom is 0.323 e. The monoisotopic (exact) mass is 269 g/mol. The molecule has 0 amide bonds. The van der Waals surface area contributed by atoms with Gasteiger partial charge in [-0.25, -0.2) is 0 Å². The van der Waals surface area contributed by atoms with Gasteiger partial charge in [0.15, 0.2) is 5.41 Å². The predicted octanol–water partition coefficient (Wildman–Crippen LogP) is 2.75. The van der Waals surface area contributed by atoms with Gasteiger partial charge in [0.25, 0.3) is 0 Å². The average molecular weight is 269 g/mol. The van der Waals surface area contributed by atoms with Crippen LogP contribution in [0.3, 0.4) is 0 Å². The van der Waals surface area contributed by atoms with Crippen LogP contribution in [0.2, 0.25) is 0 Å². The third kappa shape index (κ3) is 3.95. The zero-order valence-electron chi connectivity index (χ0n) is 11.9. The van der Waals surface area contributed by atoms with Crippen LogP contribution in [0, 0.1) is 22.7 Å². The van der Waals surface area contributed by atoms with Crippen molar-refractivity contribution in [3.8, 4) is 6.07 Å². The normalized spacial score (nSPS) is 15.1. The van der Waals surface area contributed by atoms with E-state index in [4.69, 9.17) is 10.00 Å². The molecule has 0 bridgehead atoms. The molecular formula is C14H23NO4. The summed E-state index contributed by atoms with van der Waals surface area (Å²) in [6.45, 7) is 5.50. The highest BCUT2D eigenvalue weighted by Crippen LogP contribution is 2.40. The van der Waals surface area contributed by atoms with E-state index in [2.05, 4.69) is 0 Å². The number of hydrogen-bond donors (Lipinski definition) is 1. The van der Waals surface area contributed by atoms with E-state index in [0.29, 0.717) is 19.3 Å². The average Bonchev–Trinajstić information content (AvgIpc) is 2.37. The molecule has 0 aliphatic rings. The van der Waals surface area contributed by atoms with Crippen molar-refractivity contribution in [2.24, 2.45) is 11.3 Å². The van der Waals surface area contributed by atoms with Crippen LogP contribution >= 0.6 is 0 Å². The van der Waals surface area contributed by atoms with Crippen LogP contribution in [0.1, 0.15) is 52.9 Å². The van der Waals surface area contributed by atoms with Crippen molar-refractivity contribution in [3.63, 3.8) is 0 Å². The van der Waals surface area contributed by atoms with E-state index < -0.39 is 17.4 Å². The number of hydrogen-bond acceptors (Lipinski definition) is 4. The van der Waals surface area contributed by atoms with Gasteiger partial charge in [-0.15, -0.1) is 0 Å². The smallest absolute Gasteiger partial charge is 0.323 e. The summed E-state index contributed by atoms with van der Waals surface area (Å²) < 4.78 is 4.98. The molecular weight excluding hydrogens is 246 g/mol. The zero-order chi connectivity index (χ0) is 14.9. The topological polar surface area (TPSA) is 87.4 Å². The van der Waals surface area contributed by atoms with Gasteiger partial charge in [0.05, 0.1) is 12.7 Å². The minimum Gasteiger partial charge on any atom is -0.480 e. The van der Waals surface area contributed by atoms with Crippen LogP contribution in [0.15, 0.2) is 0 Å². The van der Waals surface area contributed by atoms with Crippen molar-refractivity contribution in [1.29, 1.82) is 5.26 Å². The molecule has 5 nitrogen and oxygen atoms in total. The van der Waals surface area contributed by atoms with Gasteiger partial charge in [-0.2, -0.15) is 5.26 Å². The highest BCUT2D eigenvalue weighted by molar-refractivity contribution is 5.99. The van der Waals surface area contributed by atoms with E-state index in [9.17, 15) is 14.7 Å². The predicted molar refractivity (Wildman–Crippen MR) is 70.2 cm³/mol. The molecule has 0 saturated carbocycles. The molecule has 0 fully saturated rings. The Labute approximate surface area is 114 Å². The lowest BCUT2D eigenvalue weighted by Crippen LogP contribution is -2.46. The van der Waals surface area contributed by atoms with Crippen molar-refractivity contribution >= 4 is 11.9 Å². The molecule has 0 aromatic carbocycles. The van der Waals surface area contributed by atoms with Crippen LogP contribution < -0.4 is 0 Å². The van der Waals surface area contributed by atoms with Gasteiger partial charge in [0.2, 0.25) is 0 Å². The second-order valence-electron chi connectivity index (χ2n) is 4.55. The van der Waals surface area contributed by atoms with Crippen LogP contribution in [-0.4, -0.2) is 23.7 Å². The van der Waals surface area contributed by atoms with Crippen LogP contribution in [-0.2, 0) is 14.3 Å². The number of carbonyl (C=O) groups excluding carboxylic acids is 1. The lowest BCUT2D eigenvalue weighted by atomic mass is 9.69. The Hall–Kier alpha value is -1.57. The van der Waals surface area contributed by atoms with E-state index in [1.54, 1.807) is 6.92 Å². The van der Waals surface area contributed by atoms with E-state index in [1.807, 2.05) is 19.9 Å². The fraction of sp³-hybridized carbons (Fsp3) is 0.786. The lowest BCUT2D eigenvalue weighted by Gasteiger charge is -2.34. The molecule has 0 aromatic heterocycles. The van der Waals surface area contributed by atoms with E-state index >= 15 is 0 Å². The highest BCUT2D eigenvalue weighted by atomic mass is 16.5. The molecule has 0 heterocycles. The first kappa shape index (κ1) is 17.4. The van der Waals surface area contributed by atoms with Gasteiger partial charge in [-0.1, -0.05) is 26.7 Å². The van der Waals surface area contributed by atoms with Gasteiger partial charge in [0.1, 0.15) is 0 Å². The van der Waals surface area contributed by atoms with Crippen LogP contribution in [0.4, 0.5) is 0 Å². The second-order valence-corrected chi connectivity index (χ2v) is 4.55. The molecule has 2 atom stereocenters.